The molecule has 5 nitrogen and oxygen atoms in total. The van der Waals surface area contributed by atoms with E-state index in [9.17, 15) is 19.3 Å². The molecule has 0 amide bonds. The van der Waals surface area contributed by atoms with Crippen LogP contribution in [-0.4, -0.2) is 16.8 Å². The third kappa shape index (κ3) is 3.35. The van der Waals surface area contributed by atoms with E-state index in [0.29, 0.717) is 25.7 Å². The van der Waals surface area contributed by atoms with Gasteiger partial charge in [0.15, 0.2) is 0 Å². The number of rotatable bonds is 4. The Balaban J connectivity index is 1.98. The minimum absolute atomic E-state index is 0.00757. The molecule has 1 aliphatic rings. The number of ether oxygens (including phenoxy) is 1. The summed E-state index contributed by atoms with van der Waals surface area (Å²) < 4.78 is 19.3. The van der Waals surface area contributed by atoms with Crippen molar-refractivity contribution in [2.24, 2.45) is 0 Å². The number of Topliss-reactive ketones (excluding diaryl/α,β-unsaturated/α-hetero) is 1. The van der Waals surface area contributed by atoms with E-state index in [1.165, 1.54) is 12.1 Å². The number of carbonyl (C=O) groups excluding carboxylic acids is 1. The van der Waals surface area contributed by atoms with Crippen LogP contribution < -0.4 is 0 Å². The summed E-state index contributed by atoms with van der Waals surface area (Å²) in [5.74, 6) is -0.624. The highest BCUT2D eigenvalue weighted by Gasteiger charge is 2.21. The lowest BCUT2D eigenvalue weighted by molar-refractivity contribution is -0.387. The van der Waals surface area contributed by atoms with Crippen molar-refractivity contribution in [3.8, 4) is 0 Å². The molecule has 102 valence electrons. The Morgan fingerprint density at radius 3 is 2.68 bits per heavy atom. The van der Waals surface area contributed by atoms with Crippen molar-refractivity contribution >= 4 is 11.5 Å². The molecule has 1 aliphatic carbocycles. The van der Waals surface area contributed by atoms with E-state index in [-0.39, 0.29) is 24.1 Å². The molecular weight excluding hydrogens is 253 g/mol. The summed E-state index contributed by atoms with van der Waals surface area (Å²) in [5.41, 5.74) is -0.369. The zero-order valence-corrected chi connectivity index (χ0v) is 10.3. The van der Waals surface area contributed by atoms with E-state index >= 15 is 0 Å². The topological polar surface area (TPSA) is 69.4 Å². The molecule has 0 atom stereocenters. The number of nitro benzene ring substituents is 1. The largest absolute Gasteiger partial charge is 0.373 e. The van der Waals surface area contributed by atoms with Crippen molar-refractivity contribution < 1.29 is 18.8 Å². The first-order valence-corrected chi connectivity index (χ1v) is 6.13. The maximum atomic E-state index is 13.8. The van der Waals surface area contributed by atoms with Gasteiger partial charge in [-0.3, -0.25) is 14.9 Å². The fourth-order valence-corrected chi connectivity index (χ4v) is 2.11. The summed E-state index contributed by atoms with van der Waals surface area (Å²) in [6.45, 7) is -0.00757. The second-order valence-electron chi connectivity index (χ2n) is 4.56. The molecule has 1 aromatic rings. The first kappa shape index (κ1) is 13.6. The first-order chi connectivity index (χ1) is 9.08. The van der Waals surface area contributed by atoms with Crippen molar-refractivity contribution in [1.82, 2.24) is 0 Å². The SMILES string of the molecule is O=C1CCC(OCc2cccc([N+](=O)[O-])c2F)CC1. The second kappa shape index (κ2) is 5.88. The maximum Gasteiger partial charge on any atom is 0.305 e. The van der Waals surface area contributed by atoms with Gasteiger partial charge in [-0.2, -0.15) is 4.39 Å². The van der Waals surface area contributed by atoms with E-state index in [1.807, 2.05) is 0 Å². The highest BCUT2D eigenvalue weighted by molar-refractivity contribution is 5.79. The number of halogens is 1. The smallest absolute Gasteiger partial charge is 0.305 e. The zero-order valence-electron chi connectivity index (χ0n) is 10.3. The summed E-state index contributed by atoms with van der Waals surface area (Å²) in [5, 5.41) is 10.6. The van der Waals surface area contributed by atoms with E-state index in [2.05, 4.69) is 0 Å². The number of nitrogens with zero attached hydrogens (tertiary/aromatic N) is 1. The molecule has 0 aromatic heterocycles. The van der Waals surface area contributed by atoms with Gasteiger partial charge in [0.05, 0.1) is 17.6 Å². The molecule has 0 spiro atoms. The number of ketones is 1. The molecule has 0 heterocycles. The number of nitro groups is 1. The lowest BCUT2D eigenvalue weighted by atomic mass is 9.96. The molecule has 0 aliphatic heterocycles. The van der Waals surface area contributed by atoms with Crippen LogP contribution in [0.2, 0.25) is 0 Å². The molecule has 0 saturated heterocycles. The van der Waals surface area contributed by atoms with Gasteiger partial charge in [-0.15, -0.1) is 0 Å². The predicted molar refractivity (Wildman–Crippen MR) is 65.1 cm³/mol. The Bertz CT molecular complexity index is 493. The molecule has 1 saturated carbocycles. The standard InChI is InChI=1S/C13H14FNO4/c14-13-9(2-1-3-12(13)15(17)18)8-19-11-6-4-10(16)5-7-11/h1-3,11H,4-8H2. The Hall–Kier alpha value is -1.82. The molecule has 6 heteroatoms. The van der Waals surface area contributed by atoms with Crippen molar-refractivity contribution in [3.05, 3.63) is 39.7 Å². The van der Waals surface area contributed by atoms with Crippen LogP contribution in [0.5, 0.6) is 0 Å². The van der Waals surface area contributed by atoms with Crippen LogP contribution in [0, 0.1) is 15.9 Å². The summed E-state index contributed by atoms with van der Waals surface area (Å²) in [7, 11) is 0. The second-order valence-corrected chi connectivity index (χ2v) is 4.56. The quantitative estimate of drug-likeness (QED) is 0.621. The minimum atomic E-state index is -0.848. The average Bonchev–Trinajstić information content (AvgIpc) is 2.39. The van der Waals surface area contributed by atoms with Crippen molar-refractivity contribution in [2.75, 3.05) is 0 Å². The summed E-state index contributed by atoms with van der Waals surface area (Å²) in [4.78, 5) is 20.9. The van der Waals surface area contributed by atoms with Crippen molar-refractivity contribution in [3.63, 3.8) is 0 Å². The highest BCUT2D eigenvalue weighted by Crippen LogP contribution is 2.23. The van der Waals surface area contributed by atoms with Gasteiger partial charge in [-0.25, -0.2) is 0 Å². The van der Waals surface area contributed by atoms with Crippen molar-refractivity contribution in [1.29, 1.82) is 0 Å². The molecule has 19 heavy (non-hydrogen) atoms. The average molecular weight is 267 g/mol. The monoisotopic (exact) mass is 267 g/mol. The van der Waals surface area contributed by atoms with Gasteiger partial charge in [0.1, 0.15) is 5.78 Å². The fraction of sp³-hybridized carbons (Fsp3) is 0.462. The van der Waals surface area contributed by atoms with E-state index in [4.69, 9.17) is 4.74 Å². The van der Waals surface area contributed by atoms with Crippen LogP contribution in [0.15, 0.2) is 18.2 Å². The molecule has 0 N–H and O–H groups in total. The Morgan fingerprint density at radius 1 is 1.37 bits per heavy atom. The summed E-state index contributed by atoms with van der Waals surface area (Å²) in [6, 6.07) is 4.03. The molecule has 1 fully saturated rings. The normalized spacial score (nSPS) is 16.6. The molecule has 0 unspecified atom stereocenters. The Morgan fingerprint density at radius 2 is 2.05 bits per heavy atom. The van der Waals surface area contributed by atoms with Crippen LogP contribution in [0.25, 0.3) is 0 Å². The molecule has 0 radical (unpaired) electrons. The van der Waals surface area contributed by atoms with E-state index < -0.39 is 16.4 Å². The lowest BCUT2D eigenvalue weighted by Gasteiger charge is -2.21. The molecule has 1 aromatic carbocycles. The fourth-order valence-electron chi connectivity index (χ4n) is 2.11. The zero-order chi connectivity index (χ0) is 13.8. The molecule has 0 bridgehead atoms. The van der Waals surface area contributed by atoms with Crippen LogP contribution in [0.4, 0.5) is 10.1 Å². The highest BCUT2D eigenvalue weighted by atomic mass is 19.1. The lowest BCUT2D eigenvalue weighted by Crippen LogP contribution is -2.21. The first-order valence-electron chi connectivity index (χ1n) is 6.13. The van der Waals surface area contributed by atoms with Gasteiger partial charge in [-0.05, 0) is 12.8 Å². The van der Waals surface area contributed by atoms with Gasteiger partial charge in [-0.1, -0.05) is 12.1 Å². The number of benzene rings is 1. The van der Waals surface area contributed by atoms with Gasteiger partial charge in [0.25, 0.3) is 0 Å². The van der Waals surface area contributed by atoms with Crippen LogP contribution in [0.3, 0.4) is 0 Å². The van der Waals surface area contributed by atoms with Crippen LogP contribution in [0.1, 0.15) is 31.2 Å². The number of hydrogen-bond acceptors (Lipinski definition) is 4. The van der Waals surface area contributed by atoms with E-state index in [1.54, 1.807) is 0 Å². The Labute approximate surface area is 109 Å². The Kier molecular flexibility index (Phi) is 4.21. The van der Waals surface area contributed by atoms with E-state index in [0.717, 1.165) is 6.07 Å². The van der Waals surface area contributed by atoms with Gasteiger partial charge in [0.2, 0.25) is 5.82 Å². The maximum absolute atomic E-state index is 13.8. The molecule has 2 rings (SSSR count). The predicted octanol–water partition coefficient (Wildman–Crippen LogP) is 2.76. The van der Waals surface area contributed by atoms with Gasteiger partial charge < -0.3 is 4.74 Å². The van der Waals surface area contributed by atoms with Gasteiger partial charge in [0, 0.05) is 24.5 Å². The number of hydrogen-bond donors (Lipinski definition) is 0. The van der Waals surface area contributed by atoms with Crippen molar-refractivity contribution in [2.45, 2.75) is 38.4 Å². The third-order valence-electron chi connectivity index (χ3n) is 3.22. The van der Waals surface area contributed by atoms with Crippen LogP contribution >= 0.6 is 0 Å². The number of carbonyl (C=O) groups is 1. The molecular formula is C13H14FNO4. The summed E-state index contributed by atoms with van der Waals surface area (Å²) >= 11 is 0. The minimum Gasteiger partial charge on any atom is -0.373 e. The van der Waals surface area contributed by atoms with Gasteiger partial charge >= 0.3 is 5.69 Å². The van der Waals surface area contributed by atoms with Crippen LogP contribution in [-0.2, 0) is 16.1 Å². The summed E-state index contributed by atoms with van der Waals surface area (Å²) in [6.07, 6.45) is 2.17. The third-order valence-corrected chi connectivity index (χ3v) is 3.22.